The van der Waals surface area contributed by atoms with Gasteiger partial charge in [-0.3, -0.25) is 9.59 Å². The molecule has 3 N–H and O–H groups in total. The molecule has 4 aromatic rings. The molecule has 1 amide bonds. The predicted octanol–water partition coefficient (Wildman–Crippen LogP) is 6.21. The normalized spacial score (nSPS) is 22.7. The van der Waals surface area contributed by atoms with Crippen molar-refractivity contribution in [2.24, 2.45) is 0 Å². The maximum atomic E-state index is 13.5. The summed E-state index contributed by atoms with van der Waals surface area (Å²) in [5.41, 5.74) is 3.77. The number of aryl methyl sites for hydroxylation is 1. The van der Waals surface area contributed by atoms with Crippen molar-refractivity contribution >= 4 is 22.6 Å². The van der Waals surface area contributed by atoms with Gasteiger partial charge in [-0.1, -0.05) is 36.4 Å². The summed E-state index contributed by atoms with van der Waals surface area (Å²) in [4.78, 5) is 31.4. The van der Waals surface area contributed by atoms with Crippen molar-refractivity contribution in [2.75, 3.05) is 5.32 Å². The van der Waals surface area contributed by atoms with Crippen LogP contribution in [-0.2, 0) is 0 Å². The zero-order valence-electron chi connectivity index (χ0n) is 23.2. The molecule has 7 heteroatoms. The summed E-state index contributed by atoms with van der Waals surface area (Å²) in [6.07, 6.45) is 6.10. The van der Waals surface area contributed by atoms with Crippen LogP contribution in [0.1, 0.15) is 78.7 Å². The first-order valence-electron chi connectivity index (χ1n) is 14.1. The number of hydrogen-bond donors (Lipinski definition) is 3. The fourth-order valence-electron chi connectivity index (χ4n) is 6.42. The highest BCUT2D eigenvalue weighted by Gasteiger charge is 2.48. The molecule has 0 spiro atoms. The van der Waals surface area contributed by atoms with Gasteiger partial charge in [0.05, 0.1) is 22.7 Å². The van der Waals surface area contributed by atoms with Gasteiger partial charge < -0.3 is 20.2 Å². The summed E-state index contributed by atoms with van der Waals surface area (Å²) >= 11 is 0. The summed E-state index contributed by atoms with van der Waals surface area (Å²) in [7, 11) is 0. The predicted molar refractivity (Wildman–Crippen MR) is 157 cm³/mol. The van der Waals surface area contributed by atoms with Crippen LogP contribution < -0.4 is 16.1 Å². The molecular weight excluding hydrogens is 502 g/mol. The first-order chi connectivity index (χ1) is 19.2. The molecule has 2 heterocycles. The minimum atomic E-state index is -0.565. The van der Waals surface area contributed by atoms with Gasteiger partial charge in [0.1, 0.15) is 11.3 Å². The van der Waals surface area contributed by atoms with Gasteiger partial charge in [-0.25, -0.2) is 4.98 Å². The average Bonchev–Trinajstić information content (AvgIpc) is 2.96. The molecule has 2 aromatic heterocycles. The number of carbonyl (C=O) groups is 1. The van der Waals surface area contributed by atoms with E-state index in [-0.39, 0.29) is 22.9 Å². The molecule has 0 aliphatic heterocycles. The maximum Gasteiger partial charge on any atom is 0.272 e. The van der Waals surface area contributed by atoms with E-state index in [4.69, 9.17) is 4.42 Å². The van der Waals surface area contributed by atoms with Crippen molar-refractivity contribution in [3.05, 3.63) is 93.4 Å². The van der Waals surface area contributed by atoms with Crippen molar-refractivity contribution in [2.45, 2.75) is 76.5 Å². The zero-order valence-corrected chi connectivity index (χ0v) is 23.2. The van der Waals surface area contributed by atoms with Crippen LogP contribution in [0.15, 0.2) is 70.0 Å². The monoisotopic (exact) mass is 537 g/mol. The second-order valence-corrected chi connectivity index (χ2v) is 11.7. The molecule has 206 valence electrons. The Balaban J connectivity index is 1.34. The molecule has 3 fully saturated rings. The number of nitrogens with one attached hydrogen (secondary N) is 2. The van der Waals surface area contributed by atoms with Crippen LogP contribution in [0.3, 0.4) is 0 Å². The fraction of sp³-hybridized carbons (Fsp3) is 0.364. The summed E-state index contributed by atoms with van der Waals surface area (Å²) in [5.74, 6) is 0.341. The van der Waals surface area contributed by atoms with E-state index < -0.39 is 5.60 Å². The molecule has 3 aliphatic rings. The third-order valence-corrected chi connectivity index (χ3v) is 8.87. The number of rotatable bonds is 6. The highest BCUT2D eigenvalue weighted by atomic mass is 16.3. The largest absolute Gasteiger partial charge is 0.455 e. The lowest BCUT2D eigenvalue weighted by Gasteiger charge is -2.51. The Morgan fingerprint density at radius 2 is 1.70 bits per heavy atom. The Bertz CT molecular complexity index is 1640. The quantitative estimate of drug-likeness (QED) is 0.270. The van der Waals surface area contributed by atoms with Crippen LogP contribution in [0.4, 0.5) is 5.69 Å². The van der Waals surface area contributed by atoms with Gasteiger partial charge in [0.25, 0.3) is 5.91 Å². The Labute approximate surface area is 233 Å². The summed E-state index contributed by atoms with van der Waals surface area (Å²) in [6, 6.07) is 16.9. The minimum absolute atomic E-state index is 0.0511. The number of benzene rings is 2. The number of aromatic nitrogens is 1. The van der Waals surface area contributed by atoms with Crippen LogP contribution in [-0.4, -0.2) is 27.1 Å². The first-order valence-corrected chi connectivity index (χ1v) is 14.1. The molecule has 3 saturated carbocycles. The highest BCUT2D eigenvalue weighted by Crippen LogP contribution is 2.47. The molecule has 3 aliphatic carbocycles. The van der Waals surface area contributed by atoms with Crippen LogP contribution >= 0.6 is 0 Å². The van der Waals surface area contributed by atoms with Crippen LogP contribution in [0, 0.1) is 13.8 Å². The molecule has 2 aromatic carbocycles. The van der Waals surface area contributed by atoms with E-state index in [9.17, 15) is 14.7 Å². The van der Waals surface area contributed by atoms with E-state index in [1.165, 1.54) is 0 Å². The summed E-state index contributed by atoms with van der Waals surface area (Å²) in [5, 5.41) is 17.9. The molecule has 1 unspecified atom stereocenters. The van der Waals surface area contributed by atoms with Gasteiger partial charge in [-0.15, -0.1) is 0 Å². The van der Waals surface area contributed by atoms with E-state index in [2.05, 4.69) is 15.6 Å². The van der Waals surface area contributed by atoms with Crippen LogP contribution in [0.5, 0.6) is 0 Å². The third-order valence-electron chi connectivity index (χ3n) is 8.87. The maximum absolute atomic E-state index is 13.5. The number of aliphatic hydroxyl groups is 1. The molecule has 7 nitrogen and oxygen atoms in total. The molecular formula is C33H35N3O4. The topological polar surface area (TPSA) is 104 Å². The molecule has 7 rings (SSSR count). The standard InChI is InChI=1S/C33H35N3O4/c1-20-18-24(30-25(19-20)28(37)21(2)29(40-30)23-8-5-4-6-9-23)22(3)35-26-10-7-17-34-27(26)31(38)36-32-11-14-33(39,15-12-32)16-13-32/h4-10,17-19,22,35,39H,11-16H2,1-3H3,(H,36,38). The third kappa shape index (κ3) is 4.68. The smallest absolute Gasteiger partial charge is 0.272 e. The first kappa shape index (κ1) is 26.3. The Morgan fingerprint density at radius 1 is 1.00 bits per heavy atom. The van der Waals surface area contributed by atoms with Gasteiger partial charge in [0, 0.05) is 28.4 Å². The Hall–Kier alpha value is -3.97. The zero-order chi connectivity index (χ0) is 28.1. The van der Waals surface area contributed by atoms with E-state index in [0.29, 0.717) is 52.9 Å². The van der Waals surface area contributed by atoms with Gasteiger partial charge in [0.2, 0.25) is 0 Å². The van der Waals surface area contributed by atoms with Crippen molar-refractivity contribution in [3.8, 4) is 11.3 Å². The summed E-state index contributed by atoms with van der Waals surface area (Å²) in [6.45, 7) is 5.76. The van der Waals surface area contributed by atoms with Gasteiger partial charge in [0.15, 0.2) is 11.1 Å². The molecule has 1 atom stereocenters. The number of carbonyl (C=O) groups excluding carboxylic acids is 1. The average molecular weight is 538 g/mol. The molecule has 0 saturated heterocycles. The van der Waals surface area contributed by atoms with E-state index in [0.717, 1.165) is 36.0 Å². The Kier molecular flexibility index (Phi) is 6.50. The van der Waals surface area contributed by atoms with Crippen molar-refractivity contribution in [3.63, 3.8) is 0 Å². The highest BCUT2D eigenvalue weighted by molar-refractivity contribution is 5.98. The van der Waals surface area contributed by atoms with Crippen molar-refractivity contribution in [1.29, 1.82) is 0 Å². The van der Waals surface area contributed by atoms with Crippen molar-refractivity contribution in [1.82, 2.24) is 10.3 Å². The summed E-state index contributed by atoms with van der Waals surface area (Å²) < 4.78 is 6.47. The van der Waals surface area contributed by atoms with Gasteiger partial charge in [-0.05, 0) is 83.1 Å². The van der Waals surface area contributed by atoms with E-state index in [1.54, 1.807) is 19.2 Å². The number of fused-ring (bicyclic) bond motifs is 4. The van der Waals surface area contributed by atoms with Gasteiger partial charge >= 0.3 is 0 Å². The lowest BCUT2D eigenvalue weighted by atomic mass is 9.63. The van der Waals surface area contributed by atoms with Crippen LogP contribution in [0.25, 0.3) is 22.3 Å². The lowest BCUT2D eigenvalue weighted by molar-refractivity contribution is -0.0702. The number of amides is 1. The van der Waals surface area contributed by atoms with Crippen molar-refractivity contribution < 1.29 is 14.3 Å². The number of anilines is 1. The lowest BCUT2D eigenvalue weighted by Crippen LogP contribution is -2.58. The minimum Gasteiger partial charge on any atom is -0.455 e. The van der Waals surface area contributed by atoms with Gasteiger partial charge in [-0.2, -0.15) is 0 Å². The molecule has 2 bridgehead atoms. The van der Waals surface area contributed by atoms with E-state index in [1.807, 2.05) is 62.4 Å². The molecule has 40 heavy (non-hydrogen) atoms. The second-order valence-electron chi connectivity index (χ2n) is 11.7. The molecule has 0 radical (unpaired) electrons. The SMILES string of the molecule is Cc1cc(C(C)Nc2cccnc2C(=O)NC23CCC(O)(CC2)CC3)c2oc(-c3ccccc3)c(C)c(=O)c2c1. The number of pyridine rings is 1. The Morgan fingerprint density at radius 3 is 2.40 bits per heavy atom. The number of nitrogens with zero attached hydrogens (tertiary/aromatic N) is 1. The van der Waals surface area contributed by atoms with E-state index >= 15 is 0 Å². The van der Waals surface area contributed by atoms with Crippen LogP contribution in [0.2, 0.25) is 0 Å². The second kappa shape index (κ2) is 9.89. The number of hydrogen-bond acceptors (Lipinski definition) is 6. The fourth-order valence-corrected chi connectivity index (χ4v) is 6.42.